The Bertz CT molecular complexity index is 229. The van der Waals surface area contributed by atoms with Crippen LogP contribution in [-0.2, 0) is 9.47 Å². The highest BCUT2D eigenvalue weighted by Gasteiger charge is 2.52. The largest absolute Gasteiger partial charge is 0.497 e. The Morgan fingerprint density at radius 2 is 2.60 bits per heavy atom. The van der Waals surface area contributed by atoms with Gasteiger partial charge in [0.2, 0.25) is 0 Å². The van der Waals surface area contributed by atoms with Gasteiger partial charge >= 0.3 is 0 Å². The molecule has 0 spiro atoms. The van der Waals surface area contributed by atoms with Crippen molar-refractivity contribution in [2.75, 3.05) is 7.11 Å². The number of rotatable bonds is 1. The van der Waals surface area contributed by atoms with Crippen LogP contribution in [-0.4, -0.2) is 18.0 Å². The molecule has 3 heteroatoms. The molecule has 1 heterocycles. The summed E-state index contributed by atoms with van der Waals surface area (Å²) in [5, 5.41) is 9.27. The van der Waals surface area contributed by atoms with Crippen LogP contribution in [0.25, 0.3) is 0 Å². The van der Waals surface area contributed by atoms with E-state index in [2.05, 4.69) is 0 Å². The number of methoxy groups -OCH3 is 1. The van der Waals surface area contributed by atoms with Gasteiger partial charge in [0.05, 0.1) is 7.11 Å². The van der Waals surface area contributed by atoms with Gasteiger partial charge in [-0.1, -0.05) is 0 Å². The summed E-state index contributed by atoms with van der Waals surface area (Å²) in [5.41, 5.74) is 0. The fraction of sp³-hybridized carbons (Fsp3) is 0.429. The molecule has 0 aromatic heterocycles. The molecule has 0 saturated carbocycles. The molecule has 1 saturated heterocycles. The average molecular weight is 140 g/mol. The summed E-state index contributed by atoms with van der Waals surface area (Å²) >= 11 is 0. The molecule has 2 aliphatic rings. The predicted molar refractivity (Wildman–Crippen MR) is 33.8 cm³/mol. The van der Waals surface area contributed by atoms with E-state index in [0.29, 0.717) is 12.2 Å². The van der Waals surface area contributed by atoms with Crippen LogP contribution in [0.2, 0.25) is 0 Å². The molecule has 0 aromatic carbocycles. The minimum atomic E-state index is -0.970. The summed E-state index contributed by atoms with van der Waals surface area (Å²) in [6.45, 7) is 0. The lowest BCUT2D eigenvalue weighted by Crippen LogP contribution is -2.09. The number of hydrogen-bond acceptors (Lipinski definition) is 3. The van der Waals surface area contributed by atoms with Gasteiger partial charge in [-0.3, -0.25) is 0 Å². The molecule has 1 aliphatic heterocycles. The van der Waals surface area contributed by atoms with Crippen LogP contribution in [0.15, 0.2) is 23.7 Å². The Morgan fingerprint density at radius 1 is 1.80 bits per heavy atom. The first-order valence-electron chi connectivity index (χ1n) is 3.12. The molecule has 0 amide bonds. The van der Waals surface area contributed by atoms with Crippen LogP contribution in [0.4, 0.5) is 0 Å². The molecule has 1 unspecified atom stereocenters. The standard InChI is InChI=1S/C7H8O3/c1-9-5-2-3-7(8)6(4-5)10-7/h2,4,8H,3H2,1H3. The maximum absolute atomic E-state index is 9.27. The van der Waals surface area contributed by atoms with Crippen molar-refractivity contribution in [3.63, 3.8) is 0 Å². The normalized spacial score (nSPS) is 35.0. The number of hydrogen-bond donors (Lipinski definition) is 1. The first-order valence-corrected chi connectivity index (χ1v) is 3.12. The maximum atomic E-state index is 9.27. The highest BCUT2D eigenvalue weighted by molar-refractivity contribution is 5.33. The molecular formula is C7H8O3. The first-order chi connectivity index (χ1) is 4.74. The third-order valence-corrected chi connectivity index (χ3v) is 1.71. The predicted octanol–water partition coefficient (Wildman–Crippen LogP) is 0.523. The van der Waals surface area contributed by atoms with Crippen LogP contribution < -0.4 is 0 Å². The van der Waals surface area contributed by atoms with Gasteiger partial charge in [-0.25, -0.2) is 0 Å². The second-order valence-electron chi connectivity index (χ2n) is 2.41. The molecule has 0 radical (unpaired) electrons. The lowest BCUT2D eigenvalue weighted by molar-refractivity contribution is 0.0388. The summed E-state index contributed by atoms with van der Waals surface area (Å²) in [7, 11) is 1.59. The van der Waals surface area contributed by atoms with Crippen LogP contribution >= 0.6 is 0 Å². The first kappa shape index (κ1) is 5.80. The smallest absolute Gasteiger partial charge is 0.270 e. The van der Waals surface area contributed by atoms with Crippen molar-refractivity contribution < 1.29 is 14.6 Å². The monoisotopic (exact) mass is 140 g/mol. The molecule has 10 heavy (non-hydrogen) atoms. The van der Waals surface area contributed by atoms with Crippen LogP contribution in [0.1, 0.15) is 6.42 Å². The van der Waals surface area contributed by atoms with Gasteiger partial charge in [0, 0.05) is 12.5 Å². The van der Waals surface area contributed by atoms with Crippen molar-refractivity contribution in [2.24, 2.45) is 0 Å². The van der Waals surface area contributed by atoms with E-state index in [1.54, 1.807) is 19.3 Å². The minimum absolute atomic E-state index is 0.502. The third kappa shape index (κ3) is 0.640. The molecule has 1 aliphatic carbocycles. The fourth-order valence-electron chi connectivity index (χ4n) is 1.01. The number of fused-ring (bicyclic) bond motifs is 1. The summed E-state index contributed by atoms with van der Waals surface area (Å²) in [6, 6.07) is 0. The quantitative estimate of drug-likeness (QED) is 0.540. The van der Waals surface area contributed by atoms with E-state index < -0.39 is 5.79 Å². The Hall–Kier alpha value is -0.960. The summed E-state index contributed by atoms with van der Waals surface area (Å²) in [5.74, 6) is 0.409. The Labute approximate surface area is 58.6 Å². The zero-order valence-electron chi connectivity index (χ0n) is 5.63. The topological polar surface area (TPSA) is 42.0 Å². The Kier molecular flexibility index (Phi) is 0.898. The molecule has 0 aromatic rings. The lowest BCUT2D eigenvalue weighted by atomic mass is 10.1. The maximum Gasteiger partial charge on any atom is 0.270 e. The van der Waals surface area contributed by atoms with Gasteiger partial charge in [0.1, 0.15) is 5.76 Å². The number of epoxide rings is 1. The van der Waals surface area contributed by atoms with E-state index in [4.69, 9.17) is 9.47 Å². The van der Waals surface area contributed by atoms with Crippen molar-refractivity contribution in [3.05, 3.63) is 23.7 Å². The minimum Gasteiger partial charge on any atom is -0.497 e. The van der Waals surface area contributed by atoms with E-state index in [-0.39, 0.29) is 0 Å². The van der Waals surface area contributed by atoms with Crippen molar-refractivity contribution in [1.82, 2.24) is 0 Å². The van der Waals surface area contributed by atoms with E-state index in [1.165, 1.54) is 0 Å². The summed E-state index contributed by atoms with van der Waals surface area (Å²) in [4.78, 5) is 0. The van der Waals surface area contributed by atoms with Gasteiger partial charge in [-0.15, -0.1) is 0 Å². The SMILES string of the molecule is COC1=CCC2(O)OC2=C1. The van der Waals surface area contributed by atoms with Crippen LogP contribution in [0.5, 0.6) is 0 Å². The second-order valence-corrected chi connectivity index (χ2v) is 2.41. The van der Waals surface area contributed by atoms with Gasteiger partial charge in [-0.05, 0) is 6.08 Å². The van der Waals surface area contributed by atoms with E-state index in [1.807, 2.05) is 0 Å². The number of aliphatic hydroxyl groups is 1. The molecule has 3 nitrogen and oxygen atoms in total. The lowest BCUT2D eigenvalue weighted by Gasteiger charge is -2.03. The molecule has 2 rings (SSSR count). The van der Waals surface area contributed by atoms with Crippen molar-refractivity contribution in [3.8, 4) is 0 Å². The van der Waals surface area contributed by atoms with Crippen molar-refractivity contribution in [2.45, 2.75) is 12.2 Å². The number of allylic oxidation sites excluding steroid dienone is 1. The molecule has 1 fully saturated rings. The fourth-order valence-corrected chi connectivity index (χ4v) is 1.01. The van der Waals surface area contributed by atoms with Gasteiger partial charge in [-0.2, -0.15) is 0 Å². The summed E-state index contributed by atoms with van der Waals surface area (Å²) in [6.07, 6.45) is 4.00. The van der Waals surface area contributed by atoms with Gasteiger partial charge in [0.25, 0.3) is 5.79 Å². The van der Waals surface area contributed by atoms with E-state index >= 15 is 0 Å². The van der Waals surface area contributed by atoms with Crippen LogP contribution in [0, 0.1) is 0 Å². The zero-order chi connectivity index (χ0) is 7.19. The highest BCUT2D eigenvalue weighted by Crippen LogP contribution is 2.45. The summed E-state index contributed by atoms with van der Waals surface area (Å²) < 4.78 is 9.81. The van der Waals surface area contributed by atoms with E-state index in [0.717, 1.165) is 5.76 Å². The second kappa shape index (κ2) is 1.55. The highest BCUT2D eigenvalue weighted by atomic mass is 16.7. The number of ether oxygens (including phenoxy) is 2. The average Bonchev–Trinajstić information content (AvgIpc) is 2.59. The van der Waals surface area contributed by atoms with Crippen molar-refractivity contribution >= 4 is 0 Å². The van der Waals surface area contributed by atoms with Gasteiger partial charge < -0.3 is 14.6 Å². The van der Waals surface area contributed by atoms with E-state index in [9.17, 15) is 5.11 Å². The van der Waals surface area contributed by atoms with Gasteiger partial charge in [0.15, 0.2) is 5.76 Å². The molecule has 1 N–H and O–H groups in total. The Balaban J connectivity index is 2.21. The molecular weight excluding hydrogens is 132 g/mol. The molecule has 0 bridgehead atoms. The van der Waals surface area contributed by atoms with Crippen LogP contribution in [0.3, 0.4) is 0 Å². The Morgan fingerprint density at radius 3 is 3.20 bits per heavy atom. The zero-order valence-corrected chi connectivity index (χ0v) is 5.63. The van der Waals surface area contributed by atoms with Crippen molar-refractivity contribution in [1.29, 1.82) is 0 Å². The third-order valence-electron chi connectivity index (χ3n) is 1.71. The molecule has 1 atom stereocenters. The molecule has 54 valence electrons.